The largest absolute Gasteiger partial charge is 0.507 e. The van der Waals surface area contributed by atoms with Gasteiger partial charge in [0.25, 0.3) is 0 Å². The summed E-state index contributed by atoms with van der Waals surface area (Å²) in [4.78, 5) is 15.9. The summed E-state index contributed by atoms with van der Waals surface area (Å²) in [6.07, 6.45) is 6.00. The van der Waals surface area contributed by atoms with E-state index in [-0.39, 0.29) is 11.3 Å². The van der Waals surface area contributed by atoms with Gasteiger partial charge in [0.05, 0.1) is 0 Å². The molecule has 0 amide bonds. The van der Waals surface area contributed by atoms with E-state index in [2.05, 4.69) is 52.7 Å². The maximum absolute atomic E-state index is 10.3. The zero-order chi connectivity index (χ0) is 22.2. The first-order valence-electron chi connectivity index (χ1n) is 10.6. The lowest BCUT2D eigenvalue weighted by Gasteiger charge is -2.13. The molecule has 0 unspecified atom stereocenters. The van der Waals surface area contributed by atoms with Gasteiger partial charge >= 0.3 is 5.97 Å². The second-order valence-corrected chi connectivity index (χ2v) is 9.04. The smallest absolute Gasteiger partial charge is 0.339 e. The number of phenols is 1. The minimum atomic E-state index is -1.11. The molecule has 2 heterocycles. The van der Waals surface area contributed by atoms with Crippen LogP contribution in [0, 0.1) is 0 Å². The van der Waals surface area contributed by atoms with Crippen LogP contribution in [0.5, 0.6) is 5.75 Å². The van der Waals surface area contributed by atoms with Gasteiger partial charge in [0.15, 0.2) is 0 Å². The lowest BCUT2D eigenvalue weighted by Crippen LogP contribution is -2.14. The Labute approximate surface area is 188 Å². The number of likely N-dealkylation sites (N-methyl/N-ethyl adjacent to an activating group) is 1. The molecule has 1 fully saturated rings. The van der Waals surface area contributed by atoms with Crippen LogP contribution < -0.4 is 0 Å². The lowest BCUT2D eigenvalue weighted by molar-refractivity contribution is 0.0693. The Morgan fingerprint density at radius 1 is 1.16 bits per heavy atom. The van der Waals surface area contributed by atoms with E-state index in [9.17, 15) is 4.79 Å². The number of aromatic nitrogens is 1. The molecule has 31 heavy (non-hydrogen) atoms. The molecule has 1 saturated heterocycles. The standard InChI is InChI=1S/C17H25N3S.C7H6O3/c1-19(2)10-7-15-12-18-17-6-5-14(11-16(15)17)13-21-20-8-3-4-9-20;8-6-4-2-1-3-5(6)7(9)10/h5-6,11-12,18H,3-4,7-10,13H2,1-2H3;1-4,8H,(H,9,10). The molecule has 3 N–H and O–H groups in total. The average molecular weight is 442 g/mol. The Hall–Kier alpha value is -2.48. The van der Waals surface area contributed by atoms with Gasteiger partial charge in [0.1, 0.15) is 11.3 Å². The summed E-state index contributed by atoms with van der Waals surface area (Å²) >= 11 is 1.99. The summed E-state index contributed by atoms with van der Waals surface area (Å²) < 4.78 is 2.51. The van der Waals surface area contributed by atoms with E-state index in [1.165, 1.54) is 60.1 Å². The molecule has 1 aromatic heterocycles. The number of fused-ring (bicyclic) bond motifs is 1. The number of nitrogens with one attached hydrogen (secondary N) is 1. The van der Waals surface area contributed by atoms with Gasteiger partial charge in [0, 0.05) is 42.5 Å². The molecule has 3 aromatic rings. The number of hydrogen-bond donors (Lipinski definition) is 3. The highest BCUT2D eigenvalue weighted by molar-refractivity contribution is 7.96. The number of carbonyl (C=O) groups is 1. The monoisotopic (exact) mass is 441 g/mol. The highest BCUT2D eigenvalue weighted by Gasteiger charge is 2.12. The van der Waals surface area contributed by atoms with Gasteiger partial charge in [-0.15, -0.1) is 0 Å². The van der Waals surface area contributed by atoms with Gasteiger partial charge < -0.3 is 20.1 Å². The third-order valence-electron chi connectivity index (χ3n) is 5.27. The number of aromatic carboxylic acids is 1. The molecule has 7 heteroatoms. The number of nitrogens with zero attached hydrogens (tertiary/aromatic N) is 2. The molecule has 0 radical (unpaired) electrons. The van der Waals surface area contributed by atoms with E-state index < -0.39 is 5.97 Å². The topological polar surface area (TPSA) is 79.8 Å². The summed E-state index contributed by atoms with van der Waals surface area (Å²) in [7, 11) is 4.26. The van der Waals surface area contributed by atoms with Crippen LogP contribution in [-0.2, 0) is 12.2 Å². The SMILES string of the molecule is CN(C)CCc1c[nH]c2ccc(CSN3CCCC3)cc12.O=C(O)c1ccccc1O. The van der Waals surface area contributed by atoms with Gasteiger partial charge in [-0.25, -0.2) is 4.79 Å². The van der Waals surface area contributed by atoms with Crippen molar-refractivity contribution in [2.24, 2.45) is 0 Å². The number of para-hydroxylation sites is 1. The van der Waals surface area contributed by atoms with Crippen molar-refractivity contribution in [1.82, 2.24) is 14.2 Å². The van der Waals surface area contributed by atoms with Gasteiger partial charge in [-0.05, 0) is 68.8 Å². The molecular formula is C24H31N3O3S. The van der Waals surface area contributed by atoms with Crippen LogP contribution in [0.3, 0.4) is 0 Å². The fourth-order valence-electron chi connectivity index (χ4n) is 3.50. The first-order valence-corrected chi connectivity index (χ1v) is 11.5. The van der Waals surface area contributed by atoms with Crippen LogP contribution in [0.1, 0.15) is 34.3 Å². The van der Waals surface area contributed by atoms with Crippen molar-refractivity contribution in [3.05, 3.63) is 65.4 Å². The number of hydrogen-bond acceptors (Lipinski definition) is 5. The number of benzene rings is 2. The van der Waals surface area contributed by atoms with E-state index in [0.29, 0.717) is 0 Å². The third kappa shape index (κ3) is 6.75. The Morgan fingerprint density at radius 3 is 2.55 bits per heavy atom. The predicted molar refractivity (Wildman–Crippen MR) is 128 cm³/mol. The lowest BCUT2D eigenvalue weighted by atomic mass is 10.1. The molecule has 0 spiro atoms. The number of aromatic amines is 1. The van der Waals surface area contributed by atoms with E-state index in [0.717, 1.165) is 18.7 Å². The van der Waals surface area contributed by atoms with Gasteiger partial charge in [-0.1, -0.05) is 30.1 Å². The van der Waals surface area contributed by atoms with Crippen molar-refractivity contribution in [1.29, 1.82) is 0 Å². The van der Waals surface area contributed by atoms with Crippen LogP contribution in [0.15, 0.2) is 48.7 Å². The predicted octanol–water partition coefficient (Wildman–Crippen LogP) is 4.61. The molecule has 0 bridgehead atoms. The number of aromatic hydroxyl groups is 1. The van der Waals surface area contributed by atoms with E-state index in [1.807, 2.05) is 11.9 Å². The normalized spacial score (nSPS) is 14.0. The van der Waals surface area contributed by atoms with Crippen molar-refractivity contribution in [3.8, 4) is 5.75 Å². The molecule has 0 atom stereocenters. The molecule has 4 rings (SSSR count). The number of carboxylic acid groups (broad SMARTS) is 1. The highest BCUT2D eigenvalue weighted by atomic mass is 32.2. The average Bonchev–Trinajstić information content (AvgIpc) is 3.41. The fourth-order valence-corrected chi connectivity index (χ4v) is 4.53. The summed E-state index contributed by atoms with van der Waals surface area (Å²) in [5.41, 5.74) is 4.07. The maximum Gasteiger partial charge on any atom is 0.339 e. The molecule has 166 valence electrons. The minimum absolute atomic E-state index is 0.0671. The van der Waals surface area contributed by atoms with E-state index in [4.69, 9.17) is 10.2 Å². The van der Waals surface area contributed by atoms with Crippen molar-refractivity contribution >= 4 is 28.8 Å². The first-order chi connectivity index (χ1) is 14.9. The zero-order valence-corrected chi connectivity index (χ0v) is 19.0. The molecule has 6 nitrogen and oxygen atoms in total. The van der Waals surface area contributed by atoms with Gasteiger partial charge in [-0.3, -0.25) is 4.31 Å². The summed E-state index contributed by atoms with van der Waals surface area (Å²) in [5, 5.41) is 18.7. The van der Waals surface area contributed by atoms with Gasteiger partial charge in [-0.2, -0.15) is 0 Å². The third-order valence-corrected chi connectivity index (χ3v) is 6.47. The number of rotatable bonds is 7. The second kappa shape index (κ2) is 11.2. The maximum atomic E-state index is 10.3. The number of H-pyrrole nitrogens is 1. The first kappa shape index (κ1) is 23.2. The van der Waals surface area contributed by atoms with Crippen LogP contribution in [-0.4, -0.2) is 64.1 Å². The quantitative estimate of drug-likeness (QED) is 0.465. The molecule has 0 aliphatic carbocycles. The summed E-state index contributed by atoms with van der Waals surface area (Å²) in [5.74, 6) is -0.220. The Balaban J connectivity index is 0.000000229. The van der Waals surface area contributed by atoms with Crippen LogP contribution in [0.25, 0.3) is 10.9 Å². The second-order valence-electron chi connectivity index (χ2n) is 7.98. The van der Waals surface area contributed by atoms with Gasteiger partial charge in [0.2, 0.25) is 0 Å². The zero-order valence-electron chi connectivity index (χ0n) is 18.2. The Bertz CT molecular complexity index is 997. The Kier molecular flexibility index (Phi) is 8.40. The van der Waals surface area contributed by atoms with Crippen molar-refractivity contribution < 1.29 is 15.0 Å². The highest BCUT2D eigenvalue weighted by Crippen LogP contribution is 2.26. The summed E-state index contributed by atoms with van der Waals surface area (Å²) in [6.45, 7) is 3.61. The summed E-state index contributed by atoms with van der Waals surface area (Å²) in [6, 6.07) is 12.7. The van der Waals surface area contributed by atoms with Crippen LogP contribution in [0.2, 0.25) is 0 Å². The molecule has 1 aliphatic heterocycles. The van der Waals surface area contributed by atoms with E-state index in [1.54, 1.807) is 12.1 Å². The molecule has 2 aromatic carbocycles. The van der Waals surface area contributed by atoms with E-state index >= 15 is 0 Å². The van der Waals surface area contributed by atoms with Crippen molar-refractivity contribution in [2.75, 3.05) is 33.7 Å². The van der Waals surface area contributed by atoms with Crippen LogP contribution >= 0.6 is 11.9 Å². The van der Waals surface area contributed by atoms with Crippen molar-refractivity contribution in [3.63, 3.8) is 0 Å². The molecule has 1 aliphatic rings. The molecule has 0 saturated carbocycles. The van der Waals surface area contributed by atoms with Crippen LogP contribution in [0.4, 0.5) is 0 Å². The molecular weight excluding hydrogens is 410 g/mol. The Morgan fingerprint density at radius 2 is 1.90 bits per heavy atom. The van der Waals surface area contributed by atoms with Crippen molar-refractivity contribution in [2.45, 2.75) is 25.0 Å². The fraction of sp³-hybridized carbons (Fsp3) is 0.375. The minimum Gasteiger partial charge on any atom is -0.507 e. The number of carboxylic acids is 1.